The molecule has 0 heterocycles. The molecule has 0 unspecified atom stereocenters. The molecule has 0 radical (unpaired) electrons. The van der Waals surface area contributed by atoms with Gasteiger partial charge in [0.2, 0.25) is 0 Å². The van der Waals surface area contributed by atoms with E-state index >= 15 is 0 Å². The van der Waals surface area contributed by atoms with Crippen LogP contribution in [-0.4, -0.2) is 17.2 Å². The van der Waals surface area contributed by atoms with Crippen molar-refractivity contribution in [3.05, 3.63) is 144 Å². The van der Waals surface area contributed by atoms with Gasteiger partial charge in [-0.15, -0.1) is 17.0 Å². The van der Waals surface area contributed by atoms with Crippen LogP contribution in [-0.2, 0) is 10.3 Å². The lowest BCUT2D eigenvalue weighted by atomic mass is 9.81. The first-order valence-electron chi connectivity index (χ1n) is 11.5. The number of nitrogens with two attached hydrogens (primary N) is 2. The molecule has 0 saturated heterocycles. The maximum absolute atomic E-state index is 10.9. The summed E-state index contributed by atoms with van der Waals surface area (Å²) in [5.74, 6) is 0. The minimum absolute atomic E-state index is 0. The molecular weight excluding hydrogens is 516 g/mol. The summed E-state index contributed by atoms with van der Waals surface area (Å²) >= 11 is 4.87. The minimum Gasteiger partial charge on any atom is -0.379 e. The van der Waals surface area contributed by atoms with Crippen LogP contribution in [0.25, 0.3) is 0 Å². The maximum atomic E-state index is 10.9. The predicted molar refractivity (Wildman–Crippen MR) is 156 cm³/mol. The van der Waals surface area contributed by atoms with Crippen LogP contribution >= 0.6 is 29.6 Å². The van der Waals surface area contributed by atoms with Gasteiger partial charge in [-0.2, -0.15) is 12.6 Å². The molecule has 0 aliphatic rings. The Morgan fingerprint density at radius 3 is 1.03 bits per heavy atom. The zero-order chi connectivity index (χ0) is 24.6. The van der Waals surface area contributed by atoms with Gasteiger partial charge < -0.3 is 16.6 Å². The molecule has 2 atom stereocenters. The van der Waals surface area contributed by atoms with E-state index in [1.807, 2.05) is 111 Å². The highest BCUT2D eigenvalue weighted by Crippen LogP contribution is 2.38. The minimum atomic E-state index is -1.14. The average Bonchev–Trinajstić information content (AvgIpc) is 2.90. The molecule has 3 nitrogen and oxygen atoms in total. The van der Waals surface area contributed by atoms with Crippen molar-refractivity contribution < 1.29 is 5.11 Å². The van der Waals surface area contributed by atoms with E-state index in [1.54, 1.807) is 0 Å². The van der Waals surface area contributed by atoms with E-state index in [1.165, 1.54) is 0 Å². The molecule has 0 saturated carbocycles. The summed E-state index contributed by atoms with van der Waals surface area (Å²) in [7, 11) is 0. The molecule has 184 valence electrons. The highest BCUT2D eigenvalue weighted by Gasteiger charge is 2.35. The van der Waals surface area contributed by atoms with Gasteiger partial charge in [-0.05, 0) is 36.1 Å². The Morgan fingerprint density at radius 1 is 0.543 bits per heavy atom. The normalized spacial score (nSPS) is 13.0. The zero-order valence-electron chi connectivity index (χ0n) is 20.2. The summed E-state index contributed by atoms with van der Waals surface area (Å²) in [6.45, 7) is 3.81. The SMILES string of the molecule is Br.C[C@@H](N)C(O)(c1ccccc1)c1ccccc1.C[C@@H](N)C(S)(c1ccccc1)c1ccccc1. The van der Waals surface area contributed by atoms with Crippen molar-refractivity contribution in [2.45, 2.75) is 36.3 Å². The molecule has 35 heavy (non-hydrogen) atoms. The fraction of sp³-hybridized carbons (Fsp3) is 0.200. The van der Waals surface area contributed by atoms with Gasteiger partial charge in [0.15, 0.2) is 0 Å². The van der Waals surface area contributed by atoms with Crippen LogP contribution in [0.3, 0.4) is 0 Å². The molecule has 0 aromatic heterocycles. The van der Waals surface area contributed by atoms with Crippen LogP contribution in [0, 0.1) is 0 Å². The maximum Gasteiger partial charge on any atom is 0.129 e. The summed E-state index contributed by atoms with van der Waals surface area (Å²) in [6, 6.07) is 39.0. The van der Waals surface area contributed by atoms with Crippen molar-refractivity contribution in [3.63, 3.8) is 0 Å². The molecule has 0 bridgehead atoms. The van der Waals surface area contributed by atoms with Crippen LogP contribution in [0.4, 0.5) is 0 Å². The summed E-state index contributed by atoms with van der Waals surface area (Å²) < 4.78 is -0.442. The van der Waals surface area contributed by atoms with Crippen molar-refractivity contribution in [3.8, 4) is 0 Å². The van der Waals surface area contributed by atoms with Gasteiger partial charge in [0.25, 0.3) is 0 Å². The number of halogens is 1. The third-order valence-corrected chi connectivity index (χ3v) is 7.10. The van der Waals surface area contributed by atoms with E-state index in [4.69, 9.17) is 24.1 Å². The molecule has 0 spiro atoms. The molecule has 0 aliphatic heterocycles. The lowest BCUT2D eigenvalue weighted by molar-refractivity contribution is 0.0579. The number of thiol groups is 1. The second-order valence-corrected chi connectivity index (χ2v) is 9.28. The average molecular weight is 552 g/mol. The Kier molecular flexibility index (Phi) is 10.7. The molecule has 0 amide bonds. The van der Waals surface area contributed by atoms with Gasteiger partial charge >= 0.3 is 0 Å². The van der Waals surface area contributed by atoms with E-state index in [0.29, 0.717) is 0 Å². The van der Waals surface area contributed by atoms with E-state index < -0.39 is 10.3 Å². The topological polar surface area (TPSA) is 72.3 Å². The molecule has 0 fully saturated rings. The van der Waals surface area contributed by atoms with Gasteiger partial charge in [-0.25, -0.2) is 0 Å². The Hall–Kier alpha value is -2.41. The van der Waals surface area contributed by atoms with Crippen LogP contribution in [0.15, 0.2) is 121 Å². The Balaban J connectivity index is 0.000000240. The molecule has 5 N–H and O–H groups in total. The molecule has 4 aromatic rings. The molecule has 5 heteroatoms. The lowest BCUT2D eigenvalue weighted by Gasteiger charge is -2.33. The lowest BCUT2D eigenvalue weighted by Crippen LogP contribution is -2.44. The fourth-order valence-corrected chi connectivity index (χ4v) is 4.45. The summed E-state index contributed by atoms with van der Waals surface area (Å²) in [6.07, 6.45) is 0. The second kappa shape index (κ2) is 13.1. The highest BCUT2D eigenvalue weighted by molar-refractivity contribution is 8.93. The van der Waals surface area contributed by atoms with Gasteiger partial charge in [0, 0.05) is 12.1 Å². The van der Waals surface area contributed by atoms with Gasteiger partial charge in [-0.3, -0.25) is 0 Å². The van der Waals surface area contributed by atoms with E-state index in [-0.39, 0.29) is 29.1 Å². The predicted octanol–water partition coefficient (Wildman–Crippen LogP) is 6.05. The zero-order valence-corrected chi connectivity index (χ0v) is 22.8. The second-order valence-electron chi connectivity index (χ2n) is 8.57. The first-order chi connectivity index (χ1) is 16.3. The van der Waals surface area contributed by atoms with E-state index in [2.05, 4.69) is 24.3 Å². The molecular formula is C30H35BrN2OS. The Labute approximate surface area is 225 Å². The molecule has 4 aromatic carbocycles. The number of benzene rings is 4. The molecule has 0 aliphatic carbocycles. The fourth-order valence-electron chi connectivity index (χ4n) is 4.15. The standard InChI is InChI=1S/C15H17NO.C15H17NS.BrH/c2*1-12(16)15(17,13-8-4-2-5-9-13)14-10-6-3-7-11-14;/h2*2-12,17H,16H2,1H3;1H/t2*12-;/m11./s1. The van der Waals surface area contributed by atoms with Crippen LogP contribution in [0.5, 0.6) is 0 Å². The summed E-state index contributed by atoms with van der Waals surface area (Å²) in [4.78, 5) is 0. The van der Waals surface area contributed by atoms with E-state index in [9.17, 15) is 5.11 Å². The van der Waals surface area contributed by atoms with Crippen LogP contribution in [0.2, 0.25) is 0 Å². The first-order valence-corrected chi connectivity index (χ1v) is 11.9. The quantitative estimate of drug-likeness (QED) is 0.220. The molecule has 4 rings (SSSR count). The third kappa shape index (κ3) is 6.43. The number of hydrogen-bond donors (Lipinski definition) is 4. The monoisotopic (exact) mass is 550 g/mol. The Bertz CT molecular complexity index is 952. The third-order valence-electron chi connectivity index (χ3n) is 6.17. The van der Waals surface area contributed by atoms with Gasteiger partial charge in [0.05, 0.1) is 4.75 Å². The van der Waals surface area contributed by atoms with Crippen LogP contribution < -0.4 is 11.5 Å². The van der Waals surface area contributed by atoms with Crippen molar-refractivity contribution in [1.82, 2.24) is 0 Å². The summed E-state index contributed by atoms with van der Waals surface area (Å²) in [5, 5.41) is 10.9. The number of hydrogen-bond acceptors (Lipinski definition) is 4. The smallest absolute Gasteiger partial charge is 0.129 e. The Morgan fingerprint density at radius 2 is 0.800 bits per heavy atom. The van der Waals surface area contributed by atoms with Crippen LogP contribution in [0.1, 0.15) is 36.1 Å². The first kappa shape index (κ1) is 28.8. The number of rotatable bonds is 6. The van der Waals surface area contributed by atoms with Crippen molar-refractivity contribution >= 4 is 29.6 Å². The summed E-state index contributed by atoms with van der Waals surface area (Å²) in [5.41, 5.74) is 14.9. The largest absolute Gasteiger partial charge is 0.379 e. The number of aliphatic hydroxyl groups is 1. The van der Waals surface area contributed by atoms with Gasteiger partial charge in [0.1, 0.15) is 5.60 Å². The van der Waals surface area contributed by atoms with Crippen molar-refractivity contribution in [1.29, 1.82) is 0 Å². The van der Waals surface area contributed by atoms with E-state index in [0.717, 1.165) is 22.3 Å². The van der Waals surface area contributed by atoms with Gasteiger partial charge in [-0.1, -0.05) is 121 Å². The highest BCUT2D eigenvalue weighted by atomic mass is 79.9. The van der Waals surface area contributed by atoms with Crippen molar-refractivity contribution in [2.75, 3.05) is 0 Å². The van der Waals surface area contributed by atoms with Crippen molar-refractivity contribution in [2.24, 2.45) is 11.5 Å².